The lowest BCUT2D eigenvalue weighted by molar-refractivity contribution is -0.132. The number of aryl methyl sites for hydroxylation is 1. The van der Waals surface area contributed by atoms with Gasteiger partial charge >= 0.3 is 0 Å². The lowest BCUT2D eigenvalue weighted by Crippen LogP contribution is -2.31. The molecule has 0 unspecified atom stereocenters. The Morgan fingerprint density at radius 1 is 1.07 bits per heavy atom. The van der Waals surface area contributed by atoms with Crippen LogP contribution in [0.2, 0.25) is 5.02 Å². The minimum atomic E-state index is -0.681. The smallest absolute Gasteiger partial charge is 0.260 e. The number of nitrogens with two attached hydrogens (primary N) is 1. The highest BCUT2D eigenvalue weighted by atomic mass is 35.5. The molecule has 28 heavy (non-hydrogen) atoms. The molecule has 0 atom stereocenters. The molecule has 0 radical (unpaired) electrons. The standard InChI is InChI=1S/C20H23ClN2O5/c1-12-7-17(26-3)18(27-4)8-13(12)10-23(2)19(24)11-28-16-6-5-14(21)9-15(16)20(22)25/h5-9H,10-11H2,1-4H3,(H2,22,25). The number of amides is 2. The van der Waals surface area contributed by atoms with E-state index in [1.807, 2.05) is 19.1 Å². The van der Waals surface area contributed by atoms with E-state index in [0.717, 1.165) is 11.1 Å². The van der Waals surface area contributed by atoms with E-state index in [4.69, 9.17) is 31.5 Å². The summed E-state index contributed by atoms with van der Waals surface area (Å²) >= 11 is 5.87. The molecule has 8 heteroatoms. The molecule has 2 amide bonds. The van der Waals surface area contributed by atoms with Crippen molar-refractivity contribution in [1.82, 2.24) is 4.90 Å². The minimum absolute atomic E-state index is 0.124. The first-order valence-electron chi connectivity index (χ1n) is 8.44. The van der Waals surface area contributed by atoms with Gasteiger partial charge in [0.1, 0.15) is 5.75 Å². The molecule has 0 heterocycles. The quantitative estimate of drug-likeness (QED) is 0.727. The molecule has 0 saturated heterocycles. The number of primary amides is 1. The average molecular weight is 407 g/mol. The number of likely N-dealkylation sites (N-methyl/N-ethyl adjacent to an activating group) is 1. The van der Waals surface area contributed by atoms with Crippen molar-refractivity contribution in [1.29, 1.82) is 0 Å². The van der Waals surface area contributed by atoms with Crippen molar-refractivity contribution >= 4 is 23.4 Å². The Morgan fingerprint density at radius 2 is 1.71 bits per heavy atom. The maximum atomic E-state index is 12.5. The molecule has 0 saturated carbocycles. The third-order valence-corrected chi connectivity index (χ3v) is 4.47. The van der Waals surface area contributed by atoms with Crippen LogP contribution in [0.5, 0.6) is 17.2 Å². The van der Waals surface area contributed by atoms with E-state index in [-0.39, 0.29) is 23.8 Å². The Labute approximate surface area is 168 Å². The zero-order chi connectivity index (χ0) is 20.8. The largest absolute Gasteiger partial charge is 0.493 e. The molecule has 2 aromatic rings. The van der Waals surface area contributed by atoms with E-state index >= 15 is 0 Å². The van der Waals surface area contributed by atoms with Crippen LogP contribution in [0.3, 0.4) is 0 Å². The maximum absolute atomic E-state index is 12.5. The number of hydrogen-bond acceptors (Lipinski definition) is 5. The van der Waals surface area contributed by atoms with E-state index in [9.17, 15) is 9.59 Å². The number of carbonyl (C=O) groups excluding carboxylic acids is 2. The summed E-state index contributed by atoms with van der Waals surface area (Å²) in [6.45, 7) is 2.04. The number of rotatable bonds is 8. The van der Waals surface area contributed by atoms with Crippen LogP contribution in [0.15, 0.2) is 30.3 Å². The monoisotopic (exact) mass is 406 g/mol. The SMILES string of the molecule is COc1cc(C)c(CN(C)C(=O)COc2ccc(Cl)cc2C(N)=O)cc1OC. The van der Waals surface area contributed by atoms with E-state index in [0.29, 0.717) is 23.1 Å². The molecule has 150 valence electrons. The Morgan fingerprint density at radius 3 is 2.32 bits per heavy atom. The van der Waals surface area contributed by atoms with Crippen LogP contribution in [0.25, 0.3) is 0 Å². The van der Waals surface area contributed by atoms with Crippen molar-refractivity contribution in [2.45, 2.75) is 13.5 Å². The van der Waals surface area contributed by atoms with Gasteiger partial charge in [-0.05, 0) is 48.4 Å². The molecule has 0 fully saturated rings. The molecule has 0 aliphatic heterocycles. The summed E-state index contributed by atoms with van der Waals surface area (Å²) in [6, 6.07) is 8.16. The van der Waals surface area contributed by atoms with Crippen molar-refractivity contribution in [3.8, 4) is 17.2 Å². The van der Waals surface area contributed by atoms with Gasteiger partial charge in [0, 0.05) is 18.6 Å². The van der Waals surface area contributed by atoms with Gasteiger partial charge in [0.25, 0.3) is 11.8 Å². The first-order valence-corrected chi connectivity index (χ1v) is 8.82. The Hall–Kier alpha value is -2.93. The number of ether oxygens (including phenoxy) is 3. The number of carbonyl (C=O) groups is 2. The Kier molecular flexibility index (Phi) is 7.12. The second kappa shape index (κ2) is 9.32. The first kappa shape index (κ1) is 21.4. The van der Waals surface area contributed by atoms with Gasteiger partial charge in [0.2, 0.25) is 0 Å². The molecular weight excluding hydrogens is 384 g/mol. The van der Waals surface area contributed by atoms with Gasteiger partial charge < -0.3 is 24.8 Å². The van der Waals surface area contributed by atoms with Gasteiger partial charge in [-0.3, -0.25) is 9.59 Å². The van der Waals surface area contributed by atoms with Gasteiger partial charge in [-0.1, -0.05) is 11.6 Å². The number of hydrogen-bond donors (Lipinski definition) is 1. The summed E-state index contributed by atoms with van der Waals surface area (Å²) in [5.74, 6) is 0.481. The fraction of sp³-hybridized carbons (Fsp3) is 0.300. The van der Waals surface area contributed by atoms with Gasteiger partial charge in [-0.25, -0.2) is 0 Å². The number of halogens is 1. The van der Waals surface area contributed by atoms with Crippen molar-refractivity contribution in [2.75, 3.05) is 27.9 Å². The number of methoxy groups -OCH3 is 2. The van der Waals surface area contributed by atoms with E-state index in [1.54, 1.807) is 27.3 Å². The van der Waals surface area contributed by atoms with Crippen molar-refractivity contribution < 1.29 is 23.8 Å². The molecular formula is C20H23ClN2O5. The normalized spacial score (nSPS) is 10.3. The second-order valence-corrected chi connectivity index (χ2v) is 6.61. The highest BCUT2D eigenvalue weighted by Gasteiger charge is 2.16. The van der Waals surface area contributed by atoms with Crippen molar-refractivity contribution in [3.63, 3.8) is 0 Å². The summed E-state index contributed by atoms with van der Waals surface area (Å²) < 4.78 is 16.1. The topological polar surface area (TPSA) is 91.1 Å². The zero-order valence-corrected chi connectivity index (χ0v) is 17.0. The van der Waals surface area contributed by atoms with Gasteiger partial charge in [0.15, 0.2) is 18.1 Å². The molecule has 0 spiro atoms. The molecule has 2 rings (SSSR count). The predicted molar refractivity (Wildman–Crippen MR) is 106 cm³/mol. The maximum Gasteiger partial charge on any atom is 0.260 e. The summed E-state index contributed by atoms with van der Waals surface area (Å²) in [5.41, 5.74) is 7.33. The van der Waals surface area contributed by atoms with Gasteiger partial charge in [0.05, 0.1) is 19.8 Å². The number of nitrogens with zero attached hydrogens (tertiary/aromatic N) is 1. The lowest BCUT2D eigenvalue weighted by atomic mass is 10.1. The van der Waals surface area contributed by atoms with Crippen LogP contribution in [-0.2, 0) is 11.3 Å². The molecule has 2 N–H and O–H groups in total. The van der Waals surface area contributed by atoms with Gasteiger partial charge in [-0.15, -0.1) is 0 Å². The average Bonchev–Trinajstić information content (AvgIpc) is 2.67. The Balaban J connectivity index is 2.07. The highest BCUT2D eigenvalue weighted by molar-refractivity contribution is 6.31. The molecule has 0 aliphatic rings. The van der Waals surface area contributed by atoms with Crippen molar-refractivity contribution in [3.05, 3.63) is 52.0 Å². The van der Waals surface area contributed by atoms with Crippen LogP contribution in [0, 0.1) is 6.92 Å². The lowest BCUT2D eigenvalue weighted by Gasteiger charge is -2.20. The summed E-state index contributed by atoms with van der Waals surface area (Å²) in [4.78, 5) is 25.5. The predicted octanol–water partition coefficient (Wildman–Crippen LogP) is 2.80. The van der Waals surface area contributed by atoms with E-state index < -0.39 is 5.91 Å². The van der Waals surface area contributed by atoms with Crippen LogP contribution < -0.4 is 19.9 Å². The van der Waals surface area contributed by atoms with Crippen molar-refractivity contribution in [2.24, 2.45) is 5.73 Å². The highest BCUT2D eigenvalue weighted by Crippen LogP contribution is 2.30. The van der Waals surface area contributed by atoms with Gasteiger partial charge in [-0.2, -0.15) is 0 Å². The van der Waals surface area contributed by atoms with E-state index in [2.05, 4.69) is 0 Å². The van der Waals surface area contributed by atoms with Crippen LogP contribution >= 0.6 is 11.6 Å². The molecule has 2 aromatic carbocycles. The molecule has 7 nitrogen and oxygen atoms in total. The van der Waals surface area contributed by atoms with Crippen LogP contribution in [0.1, 0.15) is 21.5 Å². The third-order valence-electron chi connectivity index (χ3n) is 4.23. The fourth-order valence-corrected chi connectivity index (χ4v) is 2.78. The molecule has 0 aromatic heterocycles. The second-order valence-electron chi connectivity index (χ2n) is 6.18. The fourth-order valence-electron chi connectivity index (χ4n) is 2.61. The van der Waals surface area contributed by atoms with E-state index in [1.165, 1.54) is 17.0 Å². The molecule has 0 bridgehead atoms. The minimum Gasteiger partial charge on any atom is -0.493 e. The third kappa shape index (κ3) is 5.07. The number of benzene rings is 2. The summed E-state index contributed by atoms with van der Waals surface area (Å²) in [5, 5.41) is 0.355. The van der Waals surface area contributed by atoms with Crippen LogP contribution in [-0.4, -0.2) is 44.6 Å². The van der Waals surface area contributed by atoms with Crippen LogP contribution in [0.4, 0.5) is 0 Å². The Bertz CT molecular complexity index is 885. The first-order chi connectivity index (χ1) is 13.3. The summed E-state index contributed by atoms with van der Waals surface area (Å²) in [7, 11) is 4.79. The molecule has 0 aliphatic carbocycles. The summed E-state index contributed by atoms with van der Waals surface area (Å²) in [6.07, 6.45) is 0. The zero-order valence-electron chi connectivity index (χ0n) is 16.2.